The standard InChI is InChI=1S/C16H17BrClNO/c1-16(11-20,13-5-3-2-4-6-13)19-10-12-7-8-15(18)14(17)9-12/h2-9,19-20H,10-11H2,1H3. The average molecular weight is 355 g/mol. The summed E-state index contributed by atoms with van der Waals surface area (Å²) in [6.45, 7) is 2.68. The molecule has 2 rings (SSSR count). The number of benzene rings is 2. The zero-order chi connectivity index (χ0) is 14.6. The second-order valence-corrected chi connectivity index (χ2v) is 6.22. The van der Waals surface area contributed by atoms with Gasteiger partial charge in [-0.1, -0.05) is 48.0 Å². The molecule has 0 fully saturated rings. The quantitative estimate of drug-likeness (QED) is 0.847. The van der Waals surface area contributed by atoms with Gasteiger partial charge in [-0.15, -0.1) is 0 Å². The molecule has 0 bridgehead atoms. The van der Waals surface area contributed by atoms with Crippen LogP contribution in [-0.2, 0) is 12.1 Å². The number of nitrogens with one attached hydrogen (secondary N) is 1. The van der Waals surface area contributed by atoms with Crippen LogP contribution in [0.4, 0.5) is 0 Å². The molecule has 2 nitrogen and oxygen atoms in total. The molecular weight excluding hydrogens is 338 g/mol. The monoisotopic (exact) mass is 353 g/mol. The first-order valence-electron chi connectivity index (χ1n) is 6.40. The third kappa shape index (κ3) is 3.61. The summed E-state index contributed by atoms with van der Waals surface area (Å²) in [6.07, 6.45) is 0. The molecule has 0 aromatic heterocycles. The van der Waals surface area contributed by atoms with Crippen LogP contribution in [0.1, 0.15) is 18.1 Å². The van der Waals surface area contributed by atoms with Gasteiger partial charge in [0, 0.05) is 11.0 Å². The van der Waals surface area contributed by atoms with Crippen molar-refractivity contribution in [3.63, 3.8) is 0 Å². The normalized spacial score (nSPS) is 14.0. The summed E-state index contributed by atoms with van der Waals surface area (Å²) >= 11 is 9.41. The van der Waals surface area contributed by atoms with Gasteiger partial charge in [0.2, 0.25) is 0 Å². The van der Waals surface area contributed by atoms with Crippen LogP contribution in [0.15, 0.2) is 53.0 Å². The van der Waals surface area contributed by atoms with Gasteiger partial charge in [0.1, 0.15) is 0 Å². The fraction of sp³-hybridized carbons (Fsp3) is 0.250. The SMILES string of the molecule is CC(CO)(NCc1ccc(Cl)c(Br)c1)c1ccccc1. The van der Waals surface area contributed by atoms with Crippen molar-refractivity contribution in [1.82, 2.24) is 5.32 Å². The highest BCUT2D eigenvalue weighted by molar-refractivity contribution is 9.10. The minimum Gasteiger partial charge on any atom is -0.394 e. The molecule has 0 saturated heterocycles. The van der Waals surface area contributed by atoms with Crippen molar-refractivity contribution in [3.8, 4) is 0 Å². The molecule has 2 aromatic rings. The van der Waals surface area contributed by atoms with E-state index in [-0.39, 0.29) is 6.61 Å². The minimum absolute atomic E-state index is 0.0335. The van der Waals surface area contributed by atoms with Crippen LogP contribution in [0.5, 0.6) is 0 Å². The van der Waals surface area contributed by atoms with Gasteiger partial charge in [0.05, 0.1) is 17.2 Å². The Morgan fingerprint density at radius 2 is 1.90 bits per heavy atom. The average Bonchev–Trinajstić information content (AvgIpc) is 2.49. The van der Waals surface area contributed by atoms with E-state index in [1.54, 1.807) is 0 Å². The van der Waals surface area contributed by atoms with Crippen molar-refractivity contribution in [2.75, 3.05) is 6.61 Å². The predicted octanol–water partition coefficient (Wildman–Crippen LogP) is 4.10. The molecule has 2 N–H and O–H groups in total. The summed E-state index contributed by atoms with van der Waals surface area (Å²) in [5, 5.41) is 13.8. The van der Waals surface area contributed by atoms with E-state index < -0.39 is 5.54 Å². The second kappa shape index (κ2) is 6.72. The largest absolute Gasteiger partial charge is 0.394 e. The van der Waals surface area contributed by atoms with Gasteiger partial charge in [-0.25, -0.2) is 0 Å². The fourth-order valence-electron chi connectivity index (χ4n) is 2.00. The van der Waals surface area contributed by atoms with Gasteiger partial charge in [-0.3, -0.25) is 0 Å². The zero-order valence-corrected chi connectivity index (χ0v) is 13.6. The van der Waals surface area contributed by atoms with Crippen LogP contribution < -0.4 is 5.32 Å². The topological polar surface area (TPSA) is 32.3 Å². The molecule has 0 amide bonds. The van der Waals surface area contributed by atoms with Crippen molar-refractivity contribution in [1.29, 1.82) is 0 Å². The molecule has 1 atom stereocenters. The first kappa shape index (κ1) is 15.5. The van der Waals surface area contributed by atoms with Gasteiger partial charge < -0.3 is 10.4 Å². The molecule has 0 aliphatic carbocycles. The van der Waals surface area contributed by atoms with Crippen LogP contribution in [0.25, 0.3) is 0 Å². The number of rotatable bonds is 5. The van der Waals surface area contributed by atoms with Crippen LogP contribution >= 0.6 is 27.5 Å². The first-order chi connectivity index (χ1) is 9.55. The number of halogens is 2. The third-order valence-electron chi connectivity index (χ3n) is 3.39. The van der Waals surface area contributed by atoms with E-state index in [4.69, 9.17) is 11.6 Å². The maximum Gasteiger partial charge on any atom is 0.0652 e. The lowest BCUT2D eigenvalue weighted by atomic mass is 9.92. The highest BCUT2D eigenvalue weighted by atomic mass is 79.9. The zero-order valence-electron chi connectivity index (χ0n) is 11.2. The molecule has 0 radical (unpaired) electrons. The van der Waals surface area contributed by atoms with Crippen molar-refractivity contribution in [2.45, 2.75) is 19.0 Å². The number of aliphatic hydroxyl groups excluding tert-OH is 1. The first-order valence-corrected chi connectivity index (χ1v) is 7.57. The molecule has 0 heterocycles. The van der Waals surface area contributed by atoms with Crippen molar-refractivity contribution < 1.29 is 5.11 Å². The molecule has 1 unspecified atom stereocenters. The van der Waals surface area contributed by atoms with E-state index in [9.17, 15) is 5.11 Å². The Kier molecular flexibility index (Phi) is 5.22. The minimum atomic E-state index is -0.465. The molecular formula is C16H17BrClNO. The number of aliphatic hydroxyl groups is 1. The lowest BCUT2D eigenvalue weighted by Gasteiger charge is -2.29. The van der Waals surface area contributed by atoms with E-state index in [1.165, 1.54) is 0 Å². The second-order valence-electron chi connectivity index (χ2n) is 4.96. The Balaban J connectivity index is 2.13. The lowest BCUT2D eigenvalue weighted by Crippen LogP contribution is -2.42. The molecule has 0 aliphatic rings. The smallest absolute Gasteiger partial charge is 0.0652 e. The summed E-state index contributed by atoms with van der Waals surface area (Å²) in [7, 11) is 0. The molecule has 106 valence electrons. The van der Waals surface area contributed by atoms with E-state index in [0.29, 0.717) is 11.6 Å². The van der Waals surface area contributed by atoms with Crippen LogP contribution in [0.2, 0.25) is 5.02 Å². The van der Waals surface area contributed by atoms with Gasteiger partial charge in [-0.2, -0.15) is 0 Å². The Morgan fingerprint density at radius 3 is 2.50 bits per heavy atom. The Hall–Kier alpha value is -0.870. The van der Waals surface area contributed by atoms with Gasteiger partial charge in [0.25, 0.3) is 0 Å². The summed E-state index contributed by atoms with van der Waals surface area (Å²) in [6, 6.07) is 15.8. The Labute approximate surface area is 132 Å². The van der Waals surface area contributed by atoms with E-state index in [1.807, 2.05) is 55.5 Å². The molecule has 0 spiro atoms. The maximum absolute atomic E-state index is 9.72. The van der Waals surface area contributed by atoms with Gasteiger partial charge in [0.15, 0.2) is 0 Å². The lowest BCUT2D eigenvalue weighted by molar-refractivity contribution is 0.173. The Morgan fingerprint density at radius 1 is 1.20 bits per heavy atom. The van der Waals surface area contributed by atoms with Gasteiger partial charge in [-0.05, 0) is 46.1 Å². The highest BCUT2D eigenvalue weighted by Crippen LogP contribution is 2.25. The van der Waals surface area contributed by atoms with E-state index >= 15 is 0 Å². The molecule has 2 aromatic carbocycles. The Bertz CT molecular complexity index is 576. The molecule has 0 aliphatic heterocycles. The van der Waals surface area contributed by atoms with E-state index in [0.717, 1.165) is 15.6 Å². The van der Waals surface area contributed by atoms with E-state index in [2.05, 4.69) is 21.2 Å². The van der Waals surface area contributed by atoms with Crippen molar-refractivity contribution >= 4 is 27.5 Å². The van der Waals surface area contributed by atoms with Crippen molar-refractivity contribution in [2.24, 2.45) is 0 Å². The fourth-order valence-corrected chi connectivity index (χ4v) is 2.55. The summed E-state index contributed by atoms with van der Waals surface area (Å²) < 4.78 is 0.879. The number of hydrogen-bond acceptors (Lipinski definition) is 2. The predicted molar refractivity (Wildman–Crippen MR) is 86.9 cm³/mol. The molecule has 20 heavy (non-hydrogen) atoms. The summed E-state index contributed by atoms with van der Waals surface area (Å²) in [5.41, 5.74) is 1.71. The number of hydrogen-bond donors (Lipinski definition) is 2. The van der Waals surface area contributed by atoms with Crippen LogP contribution in [0, 0.1) is 0 Å². The van der Waals surface area contributed by atoms with Crippen LogP contribution in [-0.4, -0.2) is 11.7 Å². The maximum atomic E-state index is 9.72. The molecule has 4 heteroatoms. The highest BCUT2D eigenvalue weighted by Gasteiger charge is 2.24. The summed E-state index contributed by atoms with van der Waals surface area (Å²) in [4.78, 5) is 0. The van der Waals surface area contributed by atoms with Crippen molar-refractivity contribution in [3.05, 3.63) is 69.2 Å². The molecule has 0 saturated carbocycles. The third-order valence-corrected chi connectivity index (χ3v) is 4.61. The van der Waals surface area contributed by atoms with Gasteiger partial charge >= 0.3 is 0 Å². The summed E-state index contributed by atoms with van der Waals surface area (Å²) in [5.74, 6) is 0. The van der Waals surface area contributed by atoms with Crippen LogP contribution in [0.3, 0.4) is 0 Å².